The minimum atomic E-state index is 0.366. The molecule has 3 rings (SSSR count). The maximum Gasteiger partial charge on any atom is 0.219 e. The van der Waals surface area contributed by atoms with E-state index in [0.29, 0.717) is 35.0 Å². The Hall–Kier alpha value is -2.14. The molecule has 0 saturated carbocycles. The molecule has 2 aromatic rings. The molecule has 0 saturated heterocycles. The molecule has 0 fully saturated rings. The molecule has 0 spiro atoms. The first-order valence-corrected chi connectivity index (χ1v) is 6.79. The number of carbonyl (C=O) groups excluding carboxylic acids is 1. The summed E-state index contributed by atoms with van der Waals surface area (Å²) in [6.45, 7) is 1.87. The molecule has 0 unspecified atom stereocenters. The van der Waals surface area contributed by atoms with Crippen LogP contribution in [0.1, 0.15) is 12.7 Å². The molecule has 4 nitrogen and oxygen atoms in total. The number of furan rings is 1. The van der Waals surface area contributed by atoms with Crippen LogP contribution in [0.2, 0.25) is 0 Å². The van der Waals surface area contributed by atoms with Crippen LogP contribution < -0.4 is 0 Å². The van der Waals surface area contributed by atoms with Crippen molar-refractivity contribution in [3.8, 4) is 0 Å². The zero-order valence-electron chi connectivity index (χ0n) is 10.6. The van der Waals surface area contributed by atoms with E-state index >= 15 is 0 Å². The van der Waals surface area contributed by atoms with Gasteiger partial charge in [0.25, 0.3) is 0 Å². The van der Waals surface area contributed by atoms with E-state index < -0.39 is 0 Å². The molecule has 0 atom stereocenters. The first kappa shape index (κ1) is 12.9. The predicted octanol–water partition coefficient (Wildman–Crippen LogP) is 4.37. The zero-order chi connectivity index (χ0) is 14.1. The Morgan fingerprint density at radius 1 is 1.35 bits per heavy atom. The summed E-state index contributed by atoms with van der Waals surface area (Å²) < 4.78 is 12.2. The molecule has 0 bridgehead atoms. The lowest BCUT2D eigenvalue weighted by Gasteiger charge is -2.12. The number of aliphatic imine (C=N–C) groups is 1. The Kier molecular flexibility index (Phi) is 3.28. The molecular weight excluding hydrogens is 322 g/mol. The highest BCUT2D eigenvalue weighted by Gasteiger charge is 2.24. The number of benzene rings is 1. The molecule has 1 aromatic carbocycles. The number of fused-ring (bicyclic) bond motifs is 3. The Morgan fingerprint density at radius 3 is 2.95 bits per heavy atom. The number of aldehydes is 1. The van der Waals surface area contributed by atoms with Crippen LogP contribution in [0.15, 0.2) is 50.3 Å². The van der Waals surface area contributed by atoms with Crippen LogP contribution in [0.25, 0.3) is 16.7 Å². The SMILES string of the molecule is C/C=C/C1=Nc2c(oc3ccc(Br)cc23)C(=CC=O)O1. The molecule has 1 aromatic heterocycles. The van der Waals surface area contributed by atoms with Crippen molar-refractivity contribution in [2.75, 3.05) is 0 Å². The summed E-state index contributed by atoms with van der Waals surface area (Å²) >= 11 is 3.43. The van der Waals surface area contributed by atoms with Crippen molar-refractivity contribution in [2.45, 2.75) is 6.92 Å². The lowest BCUT2D eigenvalue weighted by molar-refractivity contribution is -0.104. The second-order valence-corrected chi connectivity index (χ2v) is 5.06. The summed E-state index contributed by atoms with van der Waals surface area (Å²) in [5, 5.41) is 0.872. The molecular formula is C15H10BrNO3. The lowest BCUT2D eigenvalue weighted by atomic mass is 10.2. The number of ether oxygens (including phenoxy) is 1. The number of allylic oxidation sites excluding steroid dienone is 2. The molecule has 5 heteroatoms. The van der Waals surface area contributed by atoms with Crippen LogP contribution in [0, 0.1) is 0 Å². The molecule has 20 heavy (non-hydrogen) atoms. The molecule has 0 amide bonds. The van der Waals surface area contributed by atoms with Crippen molar-refractivity contribution < 1.29 is 13.9 Å². The summed E-state index contributed by atoms with van der Waals surface area (Å²) in [7, 11) is 0. The van der Waals surface area contributed by atoms with Gasteiger partial charge in [0.2, 0.25) is 5.90 Å². The normalized spacial score (nSPS) is 16.3. The highest BCUT2D eigenvalue weighted by molar-refractivity contribution is 9.10. The van der Waals surface area contributed by atoms with Gasteiger partial charge >= 0.3 is 0 Å². The van der Waals surface area contributed by atoms with E-state index in [1.807, 2.05) is 31.2 Å². The Labute approximate surface area is 123 Å². The van der Waals surface area contributed by atoms with E-state index in [-0.39, 0.29) is 0 Å². The fraction of sp³-hybridized carbons (Fsp3) is 0.0667. The summed E-state index contributed by atoms with van der Waals surface area (Å²) in [4.78, 5) is 15.2. The minimum Gasteiger partial charge on any atom is -0.450 e. The number of halogens is 1. The van der Waals surface area contributed by atoms with Crippen LogP contribution in [-0.2, 0) is 9.53 Å². The topological polar surface area (TPSA) is 51.8 Å². The third-order valence-corrected chi connectivity index (χ3v) is 3.31. The molecule has 100 valence electrons. The van der Waals surface area contributed by atoms with Gasteiger partial charge in [-0.15, -0.1) is 0 Å². The smallest absolute Gasteiger partial charge is 0.219 e. The van der Waals surface area contributed by atoms with E-state index in [2.05, 4.69) is 20.9 Å². The average Bonchev–Trinajstić information content (AvgIpc) is 2.78. The van der Waals surface area contributed by atoms with Crippen LogP contribution in [0.3, 0.4) is 0 Å². The fourth-order valence-corrected chi connectivity index (χ4v) is 2.37. The zero-order valence-corrected chi connectivity index (χ0v) is 12.2. The molecule has 0 N–H and O–H groups in total. The Balaban J connectivity index is 2.31. The quantitative estimate of drug-likeness (QED) is 0.606. The Bertz CT molecular complexity index is 784. The number of rotatable bonds is 2. The van der Waals surface area contributed by atoms with Crippen molar-refractivity contribution >= 4 is 50.5 Å². The van der Waals surface area contributed by atoms with E-state index in [4.69, 9.17) is 9.15 Å². The minimum absolute atomic E-state index is 0.366. The predicted molar refractivity (Wildman–Crippen MR) is 80.9 cm³/mol. The van der Waals surface area contributed by atoms with Gasteiger partial charge in [-0.25, -0.2) is 4.99 Å². The maximum absolute atomic E-state index is 10.8. The second-order valence-electron chi connectivity index (χ2n) is 4.14. The van der Waals surface area contributed by atoms with Gasteiger partial charge in [0.1, 0.15) is 17.6 Å². The van der Waals surface area contributed by atoms with Crippen molar-refractivity contribution in [2.24, 2.45) is 4.99 Å². The van der Waals surface area contributed by atoms with Gasteiger partial charge in [-0.05, 0) is 31.2 Å². The first-order valence-electron chi connectivity index (χ1n) is 6.00. The third-order valence-electron chi connectivity index (χ3n) is 2.81. The lowest BCUT2D eigenvalue weighted by Crippen LogP contribution is -2.05. The van der Waals surface area contributed by atoms with Gasteiger partial charge in [-0.2, -0.15) is 0 Å². The average molecular weight is 332 g/mol. The van der Waals surface area contributed by atoms with Crippen molar-refractivity contribution in [3.05, 3.63) is 46.7 Å². The molecule has 1 aliphatic rings. The highest BCUT2D eigenvalue weighted by Crippen LogP contribution is 2.41. The van der Waals surface area contributed by atoms with E-state index in [0.717, 1.165) is 9.86 Å². The monoisotopic (exact) mass is 331 g/mol. The first-order chi connectivity index (χ1) is 9.72. The summed E-state index contributed by atoms with van der Waals surface area (Å²) in [6.07, 6.45) is 5.55. The standard InChI is InChI=1S/C15H10BrNO3/c1-2-3-13-17-14-10-8-9(16)4-5-11(10)20-15(14)12(19-13)6-7-18/h2-8H,1H3/b3-2+,12-6?. The molecule has 1 aliphatic heterocycles. The van der Waals surface area contributed by atoms with E-state index in [1.165, 1.54) is 6.08 Å². The third kappa shape index (κ3) is 2.10. The largest absolute Gasteiger partial charge is 0.450 e. The summed E-state index contributed by atoms with van der Waals surface area (Å²) in [5.41, 5.74) is 1.37. The molecule has 2 heterocycles. The maximum atomic E-state index is 10.8. The summed E-state index contributed by atoms with van der Waals surface area (Å²) in [5.74, 6) is 1.26. The van der Waals surface area contributed by atoms with Crippen molar-refractivity contribution in [1.29, 1.82) is 0 Å². The van der Waals surface area contributed by atoms with Crippen LogP contribution in [-0.4, -0.2) is 12.2 Å². The second kappa shape index (κ2) is 5.09. The van der Waals surface area contributed by atoms with E-state index in [1.54, 1.807) is 6.08 Å². The van der Waals surface area contributed by atoms with Gasteiger partial charge in [-0.1, -0.05) is 22.0 Å². The fourth-order valence-electron chi connectivity index (χ4n) is 2.01. The van der Waals surface area contributed by atoms with Gasteiger partial charge < -0.3 is 9.15 Å². The number of hydrogen-bond donors (Lipinski definition) is 0. The number of carbonyl (C=O) groups is 1. The number of nitrogens with zero attached hydrogens (tertiary/aromatic N) is 1. The number of hydrogen-bond acceptors (Lipinski definition) is 4. The molecule has 0 radical (unpaired) electrons. The van der Waals surface area contributed by atoms with E-state index in [9.17, 15) is 4.79 Å². The van der Waals surface area contributed by atoms with Gasteiger partial charge in [-0.3, -0.25) is 4.79 Å². The van der Waals surface area contributed by atoms with Crippen molar-refractivity contribution in [1.82, 2.24) is 0 Å². The van der Waals surface area contributed by atoms with Crippen LogP contribution in [0.4, 0.5) is 5.69 Å². The van der Waals surface area contributed by atoms with Crippen LogP contribution >= 0.6 is 15.9 Å². The van der Waals surface area contributed by atoms with Crippen LogP contribution in [0.5, 0.6) is 0 Å². The molecule has 0 aliphatic carbocycles. The van der Waals surface area contributed by atoms with Gasteiger partial charge in [0.15, 0.2) is 11.5 Å². The van der Waals surface area contributed by atoms with Gasteiger partial charge in [0, 0.05) is 15.9 Å². The van der Waals surface area contributed by atoms with Gasteiger partial charge in [0.05, 0.1) is 0 Å². The van der Waals surface area contributed by atoms with Crippen molar-refractivity contribution in [3.63, 3.8) is 0 Å². The summed E-state index contributed by atoms with van der Waals surface area (Å²) in [6, 6.07) is 5.66. The highest BCUT2D eigenvalue weighted by atomic mass is 79.9. The Morgan fingerprint density at radius 2 is 2.20 bits per heavy atom.